The van der Waals surface area contributed by atoms with E-state index >= 15 is 0 Å². The van der Waals surface area contributed by atoms with Crippen LogP contribution in [0, 0.1) is 25.5 Å². The third-order valence-electron chi connectivity index (χ3n) is 8.41. The molecule has 0 aliphatic heterocycles. The van der Waals surface area contributed by atoms with Gasteiger partial charge >= 0.3 is 0 Å². The fraction of sp³-hybridized carbons (Fsp3) is 0.0488. The highest BCUT2D eigenvalue weighted by Gasteiger charge is 2.18. The molecule has 0 unspecified atom stereocenters. The number of hydrogen-bond acceptors (Lipinski definition) is 3. The van der Waals surface area contributed by atoms with Gasteiger partial charge < -0.3 is 4.57 Å². The number of rotatable bonds is 5. The first kappa shape index (κ1) is 28.5. The Hall–Kier alpha value is -6.01. The maximum atomic E-state index is 14.6. The predicted octanol–water partition coefficient (Wildman–Crippen LogP) is 10.5. The number of aromatic nitrogens is 4. The summed E-state index contributed by atoms with van der Waals surface area (Å²) in [4.78, 5) is 14.8. The summed E-state index contributed by atoms with van der Waals surface area (Å²) in [5.74, 6) is 0.215. The molecule has 0 saturated heterocycles. The predicted molar refractivity (Wildman–Crippen MR) is 185 cm³/mol. The molecule has 226 valence electrons. The van der Waals surface area contributed by atoms with Gasteiger partial charge in [-0.1, -0.05) is 83.9 Å². The number of fused-ring (bicyclic) bond motifs is 3. The lowest BCUT2D eigenvalue weighted by atomic mass is 10.0. The summed E-state index contributed by atoms with van der Waals surface area (Å²) < 4.78 is 31.4. The van der Waals surface area contributed by atoms with Gasteiger partial charge in [-0.2, -0.15) is 0 Å². The number of benzene rings is 6. The third-order valence-corrected chi connectivity index (χ3v) is 8.41. The summed E-state index contributed by atoms with van der Waals surface area (Å²) in [5.41, 5.74) is 8.63. The van der Waals surface area contributed by atoms with Gasteiger partial charge in [0.25, 0.3) is 0 Å². The topological polar surface area (TPSA) is 43.6 Å². The summed E-state index contributed by atoms with van der Waals surface area (Å²) in [7, 11) is 0. The number of aryl methyl sites for hydroxylation is 2. The van der Waals surface area contributed by atoms with Gasteiger partial charge in [0.05, 0.1) is 11.0 Å². The van der Waals surface area contributed by atoms with Crippen molar-refractivity contribution < 1.29 is 8.78 Å². The summed E-state index contributed by atoms with van der Waals surface area (Å²) in [6.07, 6.45) is 0. The van der Waals surface area contributed by atoms with Crippen molar-refractivity contribution in [1.82, 2.24) is 19.5 Å². The normalized spacial score (nSPS) is 11.4. The van der Waals surface area contributed by atoms with Crippen LogP contribution in [0.1, 0.15) is 11.1 Å². The van der Waals surface area contributed by atoms with Crippen LogP contribution in [0.5, 0.6) is 0 Å². The van der Waals surface area contributed by atoms with Crippen molar-refractivity contribution in [2.24, 2.45) is 0 Å². The van der Waals surface area contributed by atoms with Gasteiger partial charge in [0.2, 0.25) is 0 Å². The average molecular weight is 615 g/mol. The zero-order valence-corrected chi connectivity index (χ0v) is 25.7. The molecule has 0 radical (unpaired) electrons. The number of halogens is 2. The highest BCUT2D eigenvalue weighted by molar-refractivity contribution is 6.09. The first-order valence-corrected chi connectivity index (χ1v) is 15.4. The summed E-state index contributed by atoms with van der Waals surface area (Å²) in [5, 5.41) is 2.26. The summed E-state index contributed by atoms with van der Waals surface area (Å²) in [6, 6.07) is 41.9. The van der Waals surface area contributed by atoms with Gasteiger partial charge in [0, 0.05) is 39.2 Å². The molecule has 8 aromatic rings. The Morgan fingerprint density at radius 1 is 0.426 bits per heavy atom. The molecular formula is C41H28F2N4. The molecule has 0 aliphatic rings. The van der Waals surface area contributed by atoms with Crippen molar-refractivity contribution in [2.45, 2.75) is 13.8 Å². The third kappa shape index (κ3) is 5.34. The SMILES string of the molecule is Cc1ccc2c(c1)c1cc(C)ccc1n2-c1cc(-c2cc(F)cc(F)c2)cc(-c2nc(-c3ccccc3)nc(-c3ccccc3)n2)c1. The lowest BCUT2D eigenvalue weighted by Gasteiger charge is -2.14. The minimum atomic E-state index is -0.646. The van der Waals surface area contributed by atoms with Gasteiger partial charge in [-0.15, -0.1) is 0 Å². The Labute approximate surface area is 270 Å². The molecule has 0 aliphatic carbocycles. The molecule has 4 nitrogen and oxygen atoms in total. The minimum absolute atomic E-state index is 0.415. The van der Waals surface area contributed by atoms with Crippen LogP contribution >= 0.6 is 0 Å². The molecule has 6 aromatic carbocycles. The monoisotopic (exact) mass is 614 g/mol. The maximum absolute atomic E-state index is 14.6. The van der Waals surface area contributed by atoms with Crippen molar-refractivity contribution in [3.8, 4) is 51.0 Å². The molecule has 0 fully saturated rings. The maximum Gasteiger partial charge on any atom is 0.164 e. The van der Waals surface area contributed by atoms with Gasteiger partial charge in [-0.05, 0) is 79.6 Å². The largest absolute Gasteiger partial charge is 0.309 e. The molecule has 0 bridgehead atoms. The fourth-order valence-electron chi connectivity index (χ4n) is 6.22. The average Bonchev–Trinajstić information content (AvgIpc) is 3.40. The van der Waals surface area contributed by atoms with E-state index in [-0.39, 0.29) is 0 Å². The molecule has 47 heavy (non-hydrogen) atoms. The van der Waals surface area contributed by atoms with Crippen molar-refractivity contribution >= 4 is 21.8 Å². The van der Waals surface area contributed by atoms with Crippen molar-refractivity contribution in [3.63, 3.8) is 0 Å². The minimum Gasteiger partial charge on any atom is -0.309 e. The molecule has 0 atom stereocenters. The first-order chi connectivity index (χ1) is 22.9. The standard InChI is InChI=1S/C41H28F2N4/c1-25-13-15-37-35(17-25)36-18-26(2)14-16-38(36)47(37)34-22-29(30-20-32(42)24-33(43)21-30)19-31(23-34)41-45-39(27-9-5-3-6-10-27)44-40(46-41)28-11-7-4-8-12-28/h3-24H,1-2H3. The van der Waals surface area contributed by atoms with E-state index in [1.807, 2.05) is 78.9 Å². The molecule has 2 heterocycles. The van der Waals surface area contributed by atoms with E-state index in [0.29, 0.717) is 34.2 Å². The van der Waals surface area contributed by atoms with E-state index < -0.39 is 11.6 Å². The zero-order chi connectivity index (χ0) is 32.1. The van der Waals surface area contributed by atoms with Crippen LogP contribution < -0.4 is 0 Å². The zero-order valence-electron chi connectivity index (χ0n) is 25.7. The second kappa shape index (κ2) is 11.4. The second-order valence-electron chi connectivity index (χ2n) is 11.8. The molecule has 0 spiro atoms. The second-order valence-corrected chi connectivity index (χ2v) is 11.8. The van der Waals surface area contributed by atoms with Gasteiger partial charge in [-0.25, -0.2) is 23.7 Å². The van der Waals surface area contributed by atoms with Crippen LogP contribution in [0.4, 0.5) is 8.78 Å². The highest BCUT2D eigenvalue weighted by atomic mass is 19.1. The van der Waals surface area contributed by atoms with Crippen molar-refractivity contribution in [1.29, 1.82) is 0 Å². The van der Waals surface area contributed by atoms with E-state index in [2.05, 4.69) is 54.8 Å². The molecular weight excluding hydrogens is 586 g/mol. The highest BCUT2D eigenvalue weighted by Crippen LogP contribution is 2.37. The molecule has 0 amide bonds. The van der Waals surface area contributed by atoms with Crippen molar-refractivity contribution in [3.05, 3.63) is 156 Å². The van der Waals surface area contributed by atoms with Crippen LogP contribution in [0.3, 0.4) is 0 Å². The Balaban J connectivity index is 1.44. The van der Waals surface area contributed by atoms with Crippen LogP contribution in [0.2, 0.25) is 0 Å². The lowest BCUT2D eigenvalue weighted by molar-refractivity contribution is 0.584. The lowest BCUT2D eigenvalue weighted by Crippen LogP contribution is -2.02. The van der Waals surface area contributed by atoms with E-state index in [4.69, 9.17) is 15.0 Å². The van der Waals surface area contributed by atoms with Crippen LogP contribution in [0.15, 0.2) is 133 Å². The molecule has 2 aromatic heterocycles. The fourth-order valence-corrected chi connectivity index (χ4v) is 6.22. The van der Waals surface area contributed by atoms with Crippen LogP contribution in [0.25, 0.3) is 72.8 Å². The number of nitrogens with zero attached hydrogens (tertiary/aromatic N) is 4. The van der Waals surface area contributed by atoms with Gasteiger partial charge in [-0.3, -0.25) is 0 Å². The smallest absolute Gasteiger partial charge is 0.164 e. The van der Waals surface area contributed by atoms with E-state index in [1.54, 1.807) is 0 Å². The number of hydrogen-bond donors (Lipinski definition) is 0. The molecule has 0 saturated carbocycles. The molecule has 6 heteroatoms. The van der Waals surface area contributed by atoms with Gasteiger partial charge in [0.15, 0.2) is 17.5 Å². The molecule has 8 rings (SSSR count). The Kier molecular flexibility index (Phi) is 6.91. The summed E-state index contributed by atoms with van der Waals surface area (Å²) in [6.45, 7) is 4.18. The molecule has 0 N–H and O–H groups in total. The summed E-state index contributed by atoms with van der Waals surface area (Å²) >= 11 is 0. The van der Waals surface area contributed by atoms with Gasteiger partial charge in [0.1, 0.15) is 11.6 Å². The van der Waals surface area contributed by atoms with Crippen LogP contribution in [-0.2, 0) is 0 Å². The quantitative estimate of drug-likeness (QED) is 0.194. The van der Waals surface area contributed by atoms with E-state index in [9.17, 15) is 8.78 Å². The Bertz CT molecular complexity index is 2310. The van der Waals surface area contributed by atoms with E-state index in [0.717, 1.165) is 55.8 Å². The van der Waals surface area contributed by atoms with Crippen molar-refractivity contribution in [2.75, 3.05) is 0 Å². The van der Waals surface area contributed by atoms with E-state index in [1.165, 1.54) is 12.1 Å². The van der Waals surface area contributed by atoms with Crippen LogP contribution in [-0.4, -0.2) is 19.5 Å². The first-order valence-electron chi connectivity index (χ1n) is 15.4. The Morgan fingerprint density at radius 3 is 1.38 bits per heavy atom. The Morgan fingerprint density at radius 2 is 0.872 bits per heavy atom.